The van der Waals surface area contributed by atoms with Crippen LogP contribution in [0.4, 0.5) is 0 Å². The van der Waals surface area contributed by atoms with E-state index in [9.17, 15) is 4.79 Å². The van der Waals surface area contributed by atoms with Crippen molar-refractivity contribution in [2.75, 3.05) is 46.1 Å². The summed E-state index contributed by atoms with van der Waals surface area (Å²) in [5.74, 6) is 0.474. The first kappa shape index (κ1) is 16.2. The van der Waals surface area contributed by atoms with E-state index in [4.69, 9.17) is 14.2 Å². The number of likely N-dealkylation sites (tertiary alicyclic amines) is 1. The highest BCUT2D eigenvalue weighted by Gasteiger charge is 2.47. The molecule has 3 fully saturated rings. The molecule has 5 nitrogen and oxygen atoms in total. The minimum absolute atomic E-state index is 0.00728. The van der Waals surface area contributed by atoms with Gasteiger partial charge in [-0.25, -0.2) is 0 Å². The van der Waals surface area contributed by atoms with Crippen molar-refractivity contribution < 1.29 is 19.0 Å². The summed E-state index contributed by atoms with van der Waals surface area (Å²) in [5.41, 5.74) is 0.00728. The van der Waals surface area contributed by atoms with Crippen molar-refractivity contribution in [3.63, 3.8) is 0 Å². The van der Waals surface area contributed by atoms with Crippen molar-refractivity contribution in [2.24, 2.45) is 11.3 Å². The van der Waals surface area contributed by atoms with Gasteiger partial charge in [-0.1, -0.05) is 0 Å². The Morgan fingerprint density at radius 1 is 1.27 bits per heavy atom. The van der Waals surface area contributed by atoms with Crippen LogP contribution < -0.4 is 0 Å². The molecule has 1 amide bonds. The summed E-state index contributed by atoms with van der Waals surface area (Å²) in [6.45, 7) is 7.40. The van der Waals surface area contributed by atoms with Crippen LogP contribution in [0.1, 0.15) is 39.0 Å². The Bertz CT molecular complexity index is 383. The van der Waals surface area contributed by atoms with Crippen molar-refractivity contribution in [1.29, 1.82) is 0 Å². The van der Waals surface area contributed by atoms with Crippen molar-refractivity contribution in [1.82, 2.24) is 4.90 Å². The standard InChI is InChI=1S/C17H29NO4/c1-2-20-13-17-7-3-9-22-15(17)4-8-18(12-17)16(19)14-5-10-21-11-6-14/h14-15H,2-13H2,1H3/t15-,17-/m0/s1. The van der Waals surface area contributed by atoms with Gasteiger partial charge in [-0.15, -0.1) is 0 Å². The van der Waals surface area contributed by atoms with Gasteiger partial charge in [0.15, 0.2) is 0 Å². The highest BCUT2D eigenvalue weighted by Crippen LogP contribution is 2.41. The molecule has 0 saturated carbocycles. The number of amides is 1. The largest absolute Gasteiger partial charge is 0.381 e. The Hall–Kier alpha value is -0.650. The van der Waals surface area contributed by atoms with Gasteiger partial charge >= 0.3 is 0 Å². The average molecular weight is 311 g/mol. The van der Waals surface area contributed by atoms with Crippen molar-refractivity contribution in [3.8, 4) is 0 Å². The minimum Gasteiger partial charge on any atom is -0.381 e. The van der Waals surface area contributed by atoms with Crippen LogP contribution in [0.2, 0.25) is 0 Å². The van der Waals surface area contributed by atoms with E-state index < -0.39 is 0 Å². The molecule has 0 unspecified atom stereocenters. The molecule has 0 aromatic carbocycles. The van der Waals surface area contributed by atoms with Crippen molar-refractivity contribution >= 4 is 5.91 Å². The molecule has 0 radical (unpaired) electrons. The molecule has 0 aromatic heterocycles. The fraction of sp³-hybridized carbons (Fsp3) is 0.941. The lowest BCUT2D eigenvalue weighted by Crippen LogP contribution is -2.59. The lowest BCUT2D eigenvalue weighted by atomic mass is 9.72. The van der Waals surface area contributed by atoms with E-state index in [-0.39, 0.29) is 17.4 Å². The molecule has 3 aliphatic rings. The van der Waals surface area contributed by atoms with Gasteiger partial charge in [0.2, 0.25) is 5.91 Å². The highest BCUT2D eigenvalue weighted by molar-refractivity contribution is 5.79. The molecule has 3 saturated heterocycles. The second kappa shape index (κ2) is 7.28. The third-order valence-electron chi connectivity index (χ3n) is 5.46. The summed E-state index contributed by atoms with van der Waals surface area (Å²) >= 11 is 0. The van der Waals surface area contributed by atoms with Gasteiger partial charge in [0.05, 0.1) is 12.7 Å². The molecule has 22 heavy (non-hydrogen) atoms. The summed E-state index contributed by atoms with van der Waals surface area (Å²) in [6, 6.07) is 0. The fourth-order valence-electron chi connectivity index (χ4n) is 4.20. The zero-order valence-corrected chi connectivity index (χ0v) is 13.7. The minimum atomic E-state index is 0.00728. The van der Waals surface area contributed by atoms with Gasteiger partial charge in [-0.3, -0.25) is 4.79 Å². The summed E-state index contributed by atoms with van der Waals surface area (Å²) in [7, 11) is 0. The second-order valence-electron chi connectivity index (χ2n) is 6.90. The van der Waals surface area contributed by atoms with Gasteiger partial charge in [-0.05, 0) is 39.0 Å². The van der Waals surface area contributed by atoms with Gasteiger partial charge in [-0.2, -0.15) is 0 Å². The summed E-state index contributed by atoms with van der Waals surface area (Å²) in [4.78, 5) is 14.9. The van der Waals surface area contributed by atoms with E-state index in [0.29, 0.717) is 12.5 Å². The molecule has 3 aliphatic heterocycles. The third-order valence-corrected chi connectivity index (χ3v) is 5.46. The predicted molar refractivity (Wildman–Crippen MR) is 82.6 cm³/mol. The van der Waals surface area contributed by atoms with Crippen molar-refractivity contribution in [2.45, 2.75) is 45.1 Å². The van der Waals surface area contributed by atoms with Crippen LogP contribution in [0.5, 0.6) is 0 Å². The Balaban J connectivity index is 1.67. The van der Waals surface area contributed by atoms with Crippen LogP contribution in [-0.4, -0.2) is 63.0 Å². The molecular formula is C17H29NO4. The first-order valence-electron chi connectivity index (χ1n) is 8.81. The third kappa shape index (κ3) is 3.31. The molecule has 0 spiro atoms. The fourth-order valence-corrected chi connectivity index (χ4v) is 4.20. The van der Waals surface area contributed by atoms with Gasteiger partial charge in [0.1, 0.15) is 0 Å². The van der Waals surface area contributed by atoms with Gasteiger partial charge in [0.25, 0.3) is 0 Å². The Kier molecular flexibility index (Phi) is 5.37. The number of hydrogen-bond acceptors (Lipinski definition) is 4. The Morgan fingerprint density at radius 3 is 2.86 bits per heavy atom. The number of nitrogens with zero attached hydrogens (tertiary/aromatic N) is 1. The molecule has 2 atom stereocenters. The molecule has 0 aromatic rings. The van der Waals surface area contributed by atoms with E-state index in [1.54, 1.807) is 0 Å². The van der Waals surface area contributed by atoms with Crippen LogP contribution in [0.25, 0.3) is 0 Å². The van der Waals surface area contributed by atoms with Gasteiger partial charge < -0.3 is 19.1 Å². The molecule has 0 aliphatic carbocycles. The lowest BCUT2D eigenvalue weighted by Gasteiger charge is -2.50. The molecule has 3 heterocycles. The average Bonchev–Trinajstić information content (AvgIpc) is 2.59. The van der Waals surface area contributed by atoms with E-state index in [1.165, 1.54) is 0 Å². The molecule has 3 rings (SSSR count). The predicted octanol–water partition coefficient (Wildman–Crippen LogP) is 1.85. The smallest absolute Gasteiger partial charge is 0.225 e. The maximum atomic E-state index is 12.8. The number of carbonyl (C=O) groups excluding carboxylic acids is 1. The number of ether oxygens (including phenoxy) is 3. The summed E-state index contributed by atoms with van der Waals surface area (Å²) < 4.78 is 17.2. The summed E-state index contributed by atoms with van der Waals surface area (Å²) in [6.07, 6.45) is 5.12. The molecule has 0 bridgehead atoms. The van der Waals surface area contributed by atoms with Crippen LogP contribution in [0.15, 0.2) is 0 Å². The van der Waals surface area contributed by atoms with Crippen molar-refractivity contribution in [3.05, 3.63) is 0 Å². The molecule has 0 N–H and O–H groups in total. The van der Waals surface area contributed by atoms with E-state index in [1.807, 2.05) is 6.92 Å². The first-order valence-corrected chi connectivity index (χ1v) is 8.81. The molecule has 5 heteroatoms. The number of fused-ring (bicyclic) bond motifs is 1. The Morgan fingerprint density at radius 2 is 2.09 bits per heavy atom. The van der Waals surface area contributed by atoms with E-state index in [0.717, 1.165) is 71.6 Å². The van der Waals surface area contributed by atoms with Gasteiger partial charge in [0, 0.05) is 50.8 Å². The zero-order chi connectivity index (χ0) is 15.4. The maximum absolute atomic E-state index is 12.8. The topological polar surface area (TPSA) is 48.0 Å². The second-order valence-corrected chi connectivity index (χ2v) is 6.90. The SMILES string of the molecule is CCOC[C@@]12CCCO[C@H]1CCN(C(=O)C1CCOCC1)C2. The number of rotatable bonds is 4. The van der Waals surface area contributed by atoms with Crippen LogP contribution in [-0.2, 0) is 19.0 Å². The van der Waals surface area contributed by atoms with Crippen LogP contribution in [0, 0.1) is 11.3 Å². The molecular weight excluding hydrogens is 282 g/mol. The van der Waals surface area contributed by atoms with Crippen LogP contribution >= 0.6 is 0 Å². The summed E-state index contributed by atoms with van der Waals surface area (Å²) in [5, 5.41) is 0. The maximum Gasteiger partial charge on any atom is 0.225 e. The quantitative estimate of drug-likeness (QED) is 0.795. The van der Waals surface area contributed by atoms with E-state index >= 15 is 0 Å². The molecule has 126 valence electrons. The van der Waals surface area contributed by atoms with E-state index in [2.05, 4.69) is 4.90 Å². The zero-order valence-electron chi connectivity index (χ0n) is 13.7. The van der Waals surface area contributed by atoms with Crippen LogP contribution in [0.3, 0.4) is 0 Å². The Labute approximate surface area is 133 Å². The highest BCUT2D eigenvalue weighted by atomic mass is 16.5. The number of carbonyl (C=O) groups is 1. The monoisotopic (exact) mass is 311 g/mol. The first-order chi connectivity index (χ1) is 10.7. The normalized spacial score (nSPS) is 33.5. The number of piperidine rings is 1. The number of hydrogen-bond donors (Lipinski definition) is 0. The lowest BCUT2D eigenvalue weighted by molar-refractivity contribution is -0.168.